The second kappa shape index (κ2) is 7.82. The second-order valence-electron chi connectivity index (χ2n) is 5.60. The third-order valence-electron chi connectivity index (χ3n) is 3.73. The number of para-hydroxylation sites is 1. The number of thiocarbonyl (C=S) groups is 1. The lowest BCUT2D eigenvalue weighted by atomic mass is 10.1. The number of nitro groups is 2. The SMILES string of the molecule is O=C1NC(=S)NC(=O)C1=Cc1ccccc1Oc1ccc([N+](=O)[O-])cc1[N+](=O)[O-]. The summed E-state index contributed by atoms with van der Waals surface area (Å²) in [6.07, 6.45) is 1.24. The summed E-state index contributed by atoms with van der Waals surface area (Å²) in [6.45, 7) is 0. The van der Waals surface area contributed by atoms with Crippen molar-refractivity contribution in [3.05, 3.63) is 73.8 Å². The van der Waals surface area contributed by atoms with Crippen LogP contribution in [0, 0.1) is 20.2 Å². The Morgan fingerprint density at radius 2 is 1.59 bits per heavy atom. The normalized spacial score (nSPS) is 13.4. The Kier molecular flexibility index (Phi) is 5.27. The molecule has 2 aromatic rings. The van der Waals surface area contributed by atoms with E-state index >= 15 is 0 Å². The summed E-state index contributed by atoms with van der Waals surface area (Å²) in [7, 11) is 0. The van der Waals surface area contributed by atoms with Gasteiger partial charge in [-0.3, -0.25) is 40.5 Å². The van der Waals surface area contributed by atoms with Crippen molar-refractivity contribution in [2.24, 2.45) is 0 Å². The average Bonchev–Trinajstić information content (AvgIpc) is 2.65. The lowest BCUT2D eigenvalue weighted by Crippen LogP contribution is -2.51. The number of hydrogen-bond donors (Lipinski definition) is 2. The summed E-state index contributed by atoms with van der Waals surface area (Å²) in [6, 6.07) is 9.09. The first-order valence-corrected chi connectivity index (χ1v) is 8.25. The molecule has 0 unspecified atom stereocenters. The zero-order valence-electron chi connectivity index (χ0n) is 14.3. The molecule has 0 spiro atoms. The van der Waals surface area contributed by atoms with Gasteiger partial charge in [0.15, 0.2) is 5.11 Å². The van der Waals surface area contributed by atoms with E-state index in [0.29, 0.717) is 0 Å². The zero-order chi connectivity index (χ0) is 21.1. The summed E-state index contributed by atoms with van der Waals surface area (Å²) in [5, 5.41) is 26.6. The lowest BCUT2D eigenvalue weighted by Gasteiger charge is -2.17. The van der Waals surface area contributed by atoms with E-state index in [1.807, 2.05) is 0 Å². The van der Waals surface area contributed by atoms with E-state index in [1.165, 1.54) is 18.2 Å². The lowest BCUT2D eigenvalue weighted by molar-refractivity contribution is -0.394. The minimum atomic E-state index is -0.813. The van der Waals surface area contributed by atoms with Gasteiger partial charge < -0.3 is 4.74 Å². The minimum Gasteiger partial charge on any atom is -0.449 e. The van der Waals surface area contributed by atoms with Crippen molar-refractivity contribution in [3.63, 3.8) is 0 Å². The third-order valence-corrected chi connectivity index (χ3v) is 3.94. The number of non-ortho nitro benzene ring substituents is 1. The highest BCUT2D eigenvalue weighted by molar-refractivity contribution is 7.80. The van der Waals surface area contributed by atoms with Gasteiger partial charge in [0.1, 0.15) is 11.3 Å². The molecule has 0 radical (unpaired) electrons. The molecule has 12 heteroatoms. The summed E-state index contributed by atoms with van der Waals surface area (Å²) in [4.78, 5) is 44.6. The van der Waals surface area contributed by atoms with Crippen molar-refractivity contribution in [1.82, 2.24) is 10.6 Å². The highest BCUT2D eigenvalue weighted by atomic mass is 32.1. The number of benzene rings is 2. The van der Waals surface area contributed by atoms with Gasteiger partial charge in [-0.1, -0.05) is 18.2 Å². The summed E-state index contributed by atoms with van der Waals surface area (Å²) in [5.41, 5.74) is -1.05. The van der Waals surface area contributed by atoms with Crippen LogP contribution in [0.1, 0.15) is 5.56 Å². The molecule has 1 saturated heterocycles. The molecule has 1 aliphatic rings. The average molecular weight is 414 g/mol. The van der Waals surface area contributed by atoms with Crippen LogP contribution in [-0.2, 0) is 9.59 Å². The van der Waals surface area contributed by atoms with Crippen LogP contribution in [0.25, 0.3) is 6.08 Å². The number of amides is 2. The van der Waals surface area contributed by atoms with Crippen molar-refractivity contribution in [2.45, 2.75) is 0 Å². The Bertz CT molecular complexity index is 1090. The van der Waals surface area contributed by atoms with Crippen molar-refractivity contribution in [2.75, 3.05) is 0 Å². The van der Waals surface area contributed by atoms with Crippen molar-refractivity contribution >= 4 is 46.6 Å². The molecule has 0 aromatic heterocycles. The molecule has 2 N–H and O–H groups in total. The first-order chi connectivity index (χ1) is 13.8. The fourth-order valence-corrected chi connectivity index (χ4v) is 2.61. The van der Waals surface area contributed by atoms with Gasteiger partial charge in [0.05, 0.1) is 15.9 Å². The summed E-state index contributed by atoms with van der Waals surface area (Å²) in [5.74, 6) is -1.58. The van der Waals surface area contributed by atoms with Crippen LogP contribution in [-0.4, -0.2) is 26.8 Å². The van der Waals surface area contributed by atoms with Crippen LogP contribution in [0.3, 0.4) is 0 Å². The minimum absolute atomic E-state index is 0.0886. The first kappa shape index (κ1) is 19.6. The summed E-state index contributed by atoms with van der Waals surface area (Å²) >= 11 is 4.73. The molecular weight excluding hydrogens is 404 g/mol. The van der Waals surface area contributed by atoms with Gasteiger partial charge in [-0.15, -0.1) is 0 Å². The molecule has 2 aromatic carbocycles. The largest absolute Gasteiger partial charge is 0.449 e. The van der Waals surface area contributed by atoms with E-state index in [-0.39, 0.29) is 27.7 Å². The van der Waals surface area contributed by atoms with Crippen LogP contribution in [0.4, 0.5) is 11.4 Å². The maximum Gasteiger partial charge on any atom is 0.318 e. The third kappa shape index (κ3) is 4.22. The smallest absolute Gasteiger partial charge is 0.318 e. The van der Waals surface area contributed by atoms with E-state index in [2.05, 4.69) is 10.6 Å². The van der Waals surface area contributed by atoms with Crippen LogP contribution in [0.15, 0.2) is 48.0 Å². The number of nitrogens with one attached hydrogen (secondary N) is 2. The number of nitrogens with zero attached hydrogens (tertiary/aromatic N) is 2. The predicted octanol–water partition coefficient (Wildman–Crippen LogP) is 2.21. The van der Waals surface area contributed by atoms with Gasteiger partial charge in [0, 0.05) is 11.6 Å². The standard InChI is InChI=1S/C17H10N4O7S/c22-15-11(16(23)19-17(29)18-15)7-9-3-1-2-4-13(9)28-14-6-5-10(20(24)25)8-12(14)21(26)27/h1-8H,(H2,18,19,22,23,29). The van der Waals surface area contributed by atoms with Gasteiger partial charge >= 0.3 is 5.69 Å². The van der Waals surface area contributed by atoms with Crippen molar-refractivity contribution in [3.8, 4) is 11.5 Å². The Balaban J connectivity index is 2.01. The zero-order valence-corrected chi connectivity index (χ0v) is 15.1. The quantitative estimate of drug-likeness (QED) is 0.248. The van der Waals surface area contributed by atoms with Crippen molar-refractivity contribution < 1.29 is 24.2 Å². The molecule has 1 aliphatic heterocycles. The molecule has 1 fully saturated rings. The van der Waals surface area contributed by atoms with E-state index in [4.69, 9.17) is 17.0 Å². The molecule has 3 rings (SSSR count). The molecule has 29 heavy (non-hydrogen) atoms. The highest BCUT2D eigenvalue weighted by Crippen LogP contribution is 2.36. The maximum absolute atomic E-state index is 12.0. The van der Waals surface area contributed by atoms with Crippen LogP contribution in [0.2, 0.25) is 0 Å². The fourth-order valence-electron chi connectivity index (χ4n) is 2.42. The van der Waals surface area contributed by atoms with E-state index in [9.17, 15) is 29.8 Å². The number of carbonyl (C=O) groups is 2. The number of nitro benzene ring substituents is 2. The first-order valence-electron chi connectivity index (χ1n) is 7.84. The number of ether oxygens (including phenoxy) is 1. The number of rotatable bonds is 5. The van der Waals surface area contributed by atoms with E-state index in [0.717, 1.165) is 18.2 Å². The van der Waals surface area contributed by atoms with Gasteiger partial charge in [-0.2, -0.15) is 0 Å². The molecular formula is C17H10N4O7S. The predicted molar refractivity (Wildman–Crippen MR) is 103 cm³/mol. The van der Waals surface area contributed by atoms with E-state index < -0.39 is 33.0 Å². The van der Waals surface area contributed by atoms with Gasteiger partial charge in [0.25, 0.3) is 17.5 Å². The fraction of sp³-hybridized carbons (Fsp3) is 0. The Morgan fingerprint density at radius 3 is 2.21 bits per heavy atom. The Hall–Kier alpha value is -4.19. The maximum atomic E-state index is 12.0. The molecule has 146 valence electrons. The summed E-state index contributed by atoms with van der Waals surface area (Å²) < 4.78 is 5.57. The van der Waals surface area contributed by atoms with E-state index in [1.54, 1.807) is 12.1 Å². The highest BCUT2D eigenvalue weighted by Gasteiger charge is 2.26. The van der Waals surface area contributed by atoms with Crippen LogP contribution in [0.5, 0.6) is 11.5 Å². The van der Waals surface area contributed by atoms with Gasteiger partial charge in [-0.05, 0) is 30.4 Å². The molecule has 1 heterocycles. The van der Waals surface area contributed by atoms with Crippen molar-refractivity contribution in [1.29, 1.82) is 0 Å². The van der Waals surface area contributed by atoms with Crippen LogP contribution >= 0.6 is 12.2 Å². The second-order valence-corrected chi connectivity index (χ2v) is 6.01. The van der Waals surface area contributed by atoms with Gasteiger partial charge in [0.2, 0.25) is 5.75 Å². The monoisotopic (exact) mass is 414 g/mol. The molecule has 0 aliphatic carbocycles. The number of carbonyl (C=O) groups excluding carboxylic acids is 2. The van der Waals surface area contributed by atoms with Gasteiger partial charge in [-0.25, -0.2) is 0 Å². The molecule has 11 nitrogen and oxygen atoms in total. The number of hydrogen-bond acceptors (Lipinski definition) is 8. The molecule has 0 saturated carbocycles. The molecule has 2 amide bonds. The molecule has 0 atom stereocenters. The molecule has 0 bridgehead atoms. The van der Waals surface area contributed by atoms with Crippen LogP contribution < -0.4 is 15.4 Å². The topological polar surface area (TPSA) is 154 Å². The Labute approximate surface area is 167 Å². The Morgan fingerprint density at radius 1 is 0.931 bits per heavy atom.